The Labute approximate surface area is 167 Å². The molecule has 28 heavy (non-hydrogen) atoms. The number of aryl methyl sites for hydroxylation is 1. The van der Waals surface area contributed by atoms with E-state index in [4.69, 9.17) is 5.14 Å². The molecule has 0 amide bonds. The van der Waals surface area contributed by atoms with Crippen LogP contribution < -0.4 is 5.14 Å². The second-order valence-electron chi connectivity index (χ2n) is 8.22. The summed E-state index contributed by atoms with van der Waals surface area (Å²) in [6, 6.07) is 8.31. The minimum atomic E-state index is -3.72. The molecular formula is C21H29N3O3S. The summed E-state index contributed by atoms with van der Waals surface area (Å²) in [5.41, 5.74) is 3.33. The van der Waals surface area contributed by atoms with Gasteiger partial charge >= 0.3 is 0 Å². The molecule has 6 nitrogen and oxygen atoms in total. The summed E-state index contributed by atoms with van der Waals surface area (Å²) in [4.78, 5) is 15.3. The van der Waals surface area contributed by atoms with E-state index in [-0.39, 0.29) is 10.7 Å². The molecular weight excluding hydrogens is 374 g/mol. The Kier molecular flexibility index (Phi) is 5.79. The monoisotopic (exact) mass is 403 g/mol. The van der Waals surface area contributed by atoms with Gasteiger partial charge in [0.05, 0.1) is 11.4 Å². The number of aromatic nitrogens is 1. The Morgan fingerprint density at radius 3 is 2.21 bits per heavy atom. The third-order valence-corrected chi connectivity index (χ3v) is 6.40. The second kappa shape index (κ2) is 7.81. The number of ketones is 1. The number of piperidine rings is 1. The maximum Gasteiger partial charge on any atom is 0.238 e. The highest BCUT2D eigenvalue weighted by Crippen LogP contribution is 2.24. The van der Waals surface area contributed by atoms with Crippen LogP contribution in [0.4, 0.5) is 0 Å². The summed E-state index contributed by atoms with van der Waals surface area (Å²) >= 11 is 0. The van der Waals surface area contributed by atoms with Gasteiger partial charge in [0.1, 0.15) is 0 Å². The number of benzene rings is 1. The third-order valence-electron chi connectivity index (χ3n) is 5.47. The summed E-state index contributed by atoms with van der Waals surface area (Å²) in [5, 5.41) is 5.17. The van der Waals surface area contributed by atoms with Gasteiger partial charge in [0.2, 0.25) is 10.0 Å². The first-order chi connectivity index (χ1) is 13.1. The van der Waals surface area contributed by atoms with Crippen LogP contribution in [0.25, 0.3) is 5.69 Å². The molecule has 0 spiro atoms. The minimum Gasteiger partial charge on any atom is -0.318 e. The van der Waals surface area contributed by atoms with Crippen molar-refractivity contribution < 1.29 is 13.2 Å². The van der Waals surface area contributed by atoms with Crippen LogP contribution in [0.1, 0.15) is 42.0 Å². The number of nitrogens with two attached hydrogens (primary N) is 1. The molecule has 1 fully saturated rings. The smallest absolute Gasteiger partial charge is 0.238 e. The van der Waals surface area contributed by atoms with E-state index in [1.54, 1.807) is 12.1 Å². The van der Waals surface area contributed by atoms with E-state index >= 15 is 0 Å². The van der Waals surface area contributed by atoms with Crippen LogP contribution in [0.5, 0.6) is 0 Å². The summed E-state index contributed by atoms with van der Waals surface area (Å²) in [6.07, 6.45) is 1.22. The highest BCUT2D eigenvalue weighted by atomic mass is 32.2. The summed E-state index contributed by atoms with van der Waals surface area (Å²) < 4.78 is 24.9. The lowest BCUT2D eigenvalue weighted by atomic mass is 9.91. The normalized spacial score (nSPS) is 21.0. The maximum absolute atomic E-state index is 13.0. The van der Waals surface area contributed by atoms with Crippen molar-refractivity contribution in [1.82, 2.24) is 9.47 Å². The van der Waals surface area contributed by atoms with Gasteiger partial charge in [-0.15, -0.1) is 0 Å². The molecule has 0 bridgehead atoms. The fourth-order valence-corrected chi connectivity index (χ4v) is 4.95. The van der Waals surface area contributed by atoms with Gasteiger partial charge in [-0.3, -0.25) is 9.69 Å². The van der Waals surface area contributed by atoms with Crippen LogP contribution in [0.3, 0.4) is 0 Å². The summed E-state index contributed by atoms with van der Waals surface area (Å²) in [6.45, 7) is 10.7. The van der Waals surface area contributed by atoms with E-state index in [0.717, 1.165) is 35.7 Å². The van der Waals surface area contributed by atoms with Crippen molar-refractivity contribution in [2.75, 3.05) is 19.6 Å². The Bertz CT molecular complexity index is 967. The van der Waals surface area contributed by atoms with Crippen LogP contribution in [0, 0.1) is 25.7 Å². The molecule has 152 valence electrons. The Hall–Kier alpha value is -1.96. The van der Waals surface area contributed by atoms with E-state index in [1.165, 1.54) is 18.6 Å². The molecule has 1 saturated heterocycles. The van der Waals surface area contributed by atoms with Crippen LogP contribution in [0.15, 0.2) is 35.2 Å². The molecule has 1 aromatic heterocycles. The van der Waals surface area contributed by atoms with Crippen LogP contribution in [0.2, 0.25) is 0 Å². The van der Waals surface area contributed by atoms with Crippen LogP contribution in [-0.4, -0.2) is 43.3 Å². The Morgan fingerprint density at radius 2 is 1.68 bits per heavy atom. The average molecular weight is 404 g/mol. The predicted octanol–water partition coefficient (Wildman–Crippen LogP) is 2.90. The van der Waals surface area contributed by atoms with Crippen molar-refractivity contribution in [3.8, 4) is 5.69 Å². The highest BCUT2D eigenvalue weighted by molar-refractivity contribution is 7.89. The number of nitrogens with zero attached hydrogens (tertiary/aromatic N) is 2. The number of hydrogen-bond donors (Lipinski definition) is 1. The molecule has 2 atom stereocenters. The van der Waals surface area contributed by atoms with Gasteiger partial charge in [-0.2, -0.15) is 0 Å². The molecule has 1 aliphatic rings. The van der Waals surface area contributed by atoms with Crippen molar-refractivity contribution in [1.29, 1.82) is 0 Å². The number of likely N-dealkylation sites (tertiary alicyclic amines) is 1. The lowest BCUT2D eigenvalue weighted by Gasteiger charge is -2.34. The summed E-state index contributed by atoms with van der Waals surface area (Å²) in [7, 11) is -3.72. The van der Waals surface area contributed by atoms with Gasteiger partial charge in [0, 0.05) is 35.7 Å². The molecule has 2 aromatic rings. The van der Waals surface area contributed by atoms with E-state index in [9.17, 15) is 13.2 Å². The predicted molar refractivity (Wildman–Crippen MR) is 110 cm³/mol. The number of primary sulfonamides is 1. The van der Waals surface area contributed by atoms with Crippen LogP contribution >= 0.6 is 0 Å². The minimum absolute atomic E-state index is 0.0725. The SMILES string of the molecule is Cc1cc(C(=O)CN2C[C@H](C)C[C@H](C)C2)c(C)n1-c1ccc(S(N)(=O)=O)cc1. The fraction of sp³-hybridized carbons (Fsp3) is 0.476. The zero-order valence-electron chi connectivity index (χ0n) is 17.0. The average Bonchev–Trinajstić information content (AvgIpc) is 2.88. The molecule has 0 aliphatic carbocycles. The first-order valence-electron chi connectivity index (χ1n) is 9.64. The fourth-order valence-electron chi connectivity index (χ4n) is 4.44. The van der Waals surface area contributed by atoms with Crippen molar-refractivity contribution in [2.45, 2.75) is 39.0 Å². The quantitative estimate of drug-likeness (QED) is 0.778. The zero-order valence-corrected chi connectivity index (χ0v) is 17.8. The molecule has 0 unspecified atom stereocenters. The maximum atomic E-state index is 13.0. The Morgan fingerprint density at radius 1 is 1.11 bits per heavy atom. The molecule has 1 aromatic carbocycles. The highest BCUT2D eigenvalue weighted by Gasteiger charge is 2.25. The number of carbonyl (C=O) groups is 1. The first kappa shape index (κ1) is 20.8. The van der Waals surface area contributed by atoms with E-state index in [2.05, 4.69) is 18.7 Å². The lowest BCUT2D eigenvalue weighted by Crippen LogP contribution is -2.41. The molecule has 2 N–H and O–H groups in total. The lowest BCUT2D eigenvalue weighted by molar-refractivity contribution is 0.0849. The summed E-state index contributed by atoms with van der Waals surface area (Å²) in [5.74, 6) is 1.35. The van der Waals surface area contributed by atoms with Crippen molar-refractivity contribution in [2.24, 2.45) is 17.0 Å². The number of rotatable bonds is 5. The van der Waals surface area contributed by atoms with Gasteiger partial charge in [-0.05, 0) is 62.4 Å². The molecule has 3 rings (SSSR count). The molecule has 0 saturated carbocycles. The van der Waals surface area contributed by atoms with Crippen molar-refractivity contribution in [3.05, 3.63) is 47.3 Å². The largest absolute Gasteiger partial charge is 0.318 e. The molecule has 2 heterocycles. The second-order valence-corrected chi connectivity index (χ2v) is 9.78. The van der Waals surface area contributed by atoms with Crippen molar-refractivity contribution in [3.63, 3.8) is 0 Å². The van der Waals surface area contributed by atoms with Gasteiger partial charge in [-0.1, -0.05) is 13.8 Å². The van der Waals surface area contributed by atoms with Gasteiger partial charge < -0.3 is 4.57 Å². The topological polar surface area (TPSA) is 85.4 Å². The number of hydrogen-bond acceptors (Lipinski definition) is 4. The molecule has 7 heteroatoms. The van der Waals surface area contributed by atoms with Gasteiger partial charge in [0.25, 0.3) is 0 Å². The van der Waals surface area contributed by atoms with Gasteiger partial charge in [-0.25, -0.2) is 13.6 Å². The molecule has 0 radical (unpaired) electrons. The molecule has 1 aliphatic heterocycles. The standard InChI is InChI=1S/C21H29N3O3S/c1-14-9-15(2)12-23(11-14)13-21(25)20-10-16(3)24(17(20)4)18-5-7-19(8-6-18)28(22,26)27/h5-8,10,14-15H,9,11-13H2,1-4H3,(H2,22,26,27)/t14-,15+. The zero-order chi connectivity index (χ0) is 20.6. The van der Waals surface area contributed by atoms with Gasteiger partial charge in [0.15, 0.2) is 5.78 Å². The van der Waals surface area contributed by atoms with E-state index < -0.39 is 10.0 Å². The van der Waals surface area contributed by atoms with E-state index in [1.807, 2.05) is 24.5 Å². The van der Waals surface area contributed by atoms with E-state index in [0.29, 0.717) is 18.4 Å². The first-order valence-corrected chi connectivity index (χ1v) is 11.2. The number of carbonyl (C=O) groups excluding carboxylic acids is 1. The van der Waals surface area contributed by atoms with Crippen LogP contribution in [-0.2, 0) is 10.0 Å². The van der Waals surface area contributed by atoms with Crippen molar-refractivity contribution >= 4 is 15.8 Å². The number of sulfonamides is 1. The third kappa shape index (κ3) is 4.37. The Balaban J connectivity index is 1.84. The number of Topliss-reactive ketones (excluding diaryl/α,β-unsaturated/α-hetero) is 1.